The normalized spacial score (nSPS) is 12.6. The summed E-state index contributed by atoms with van der Waals surface area (Å²) in [6, 6.07) is 32.6. The molecule has 0 unspecified atom stereocenters. The second-order valence-electron chi connectivity index (χ2n) is 15.1. The second kappa shape index (κ2) is 11.2. The monoisotopic (exact) mass is 646 g/mol. The first-order chi connectivity index (χ1) is 23.5. The Labute approximate surface area is 287 Å². The Hall–Kier alpha value is -5.16. The topological polar surface area (TPSA) is 48.0 Å². The highest BCUT2D eigenvalue weighted by molar-refractivity contribution is 6.21. The van der Waals surface area contributed by atoms with Gasteiger partial charge in [-0.15, -0.1) is 0 Å². The molecule has 0 N–H and O–H groups in total. The molecular formula is C44H44N3O2+. The van der Waals surface area contributed by atoms with Crippen molar-refractivity contribution in [3.8, 4) is 28.2 Å². The van der Waals surface area contributed by atoms with Crippen molar-refractivity contribution >= 4 is 44.1 Å². The van der Waals surface area contributed by atoms with Gasteiger partial charge in [-0.05, 0) is 60.2 Å². The van der Waals surface area contributed by atoms with Crippen LogP contribution >= 0.6 is 0 Å². The molecule has 5 heteroatoms. The molecule has 0 amide bonds. The summed E-state index contributed by atoms with van der Waals surface area (Å²) in [7, 11) is 2.18. The van der Waals surface area contributed by atoms with Gasteiger partial charge in [-0.2, -0.15) is 4.57 Å². The average Bonchev–Trinajstić information content (AvgIpc) is 3.77. The maximum atomic E-state index is 6.89. The number of hydrogen-bond acceptors (Lipinski definition) is 3. The van der Waals surface area contributed by atoms with E-state index >= 15 is 0 Å². The highest BCUT2D eigenvalue weighted by Gasteiger charge is 2.36. The number of fused-ring (bicyclic) bond motifs is 6. The Balaban J connectivity index is 1.58. The van der Waals surface area contributed by atoms with Crippen LogP contribution in [0.15, 0.2) is 99.8 Å². The van der Waals surface area contributed by atoms with E-state index < -0.39 is 0 Å². The van der Waals surface area contributed by atoms with Gasteiger partial charge in [-0.1, -0.05) is 109 Å². The molecule has 0 saturated carbocycles. The Kier molecular flexibility index (Phi) is 7.11. The summed E-state index contributed by atoms with van der Waals surface area (Å²) in [5, 5.41) is 2.04. The number of oxazole rings is 1. The first-order valence-corrected chi connectivity index (χ1v) is 17.4. The Morgan fingerprint density at radius 2 is 1.37 bits per heavy atom. The molecule has 0 saturated heterocycles. The molecule has 3 heterocycles. The fraction of sp³-hybridized carbons (Fsp3) is 0.273. The molecule has 0 fully saturated rings. The van der Waals surface area contributed by atoms with Gasteiger partial charge in [0.05, 0.1) is 12.4 Å². The van der Waals surface area contributed by atoms with Crippen LogP contribution < -0.4 is 4.57 Å². The van der Waals surface area contributed by atoms with Gasteiger partial charge in [-0.3, -0.25) is 0 Å². The van der Waals surface area contributed by atoms with Crippen LogP contribution in [0.4, 0.5) is 0 Å². The minimum Gasteiger partial charge on any atom is -0.455 e. The molecule has 0 radical (unpaired) electrons. The van der Waals surface area contributed by atoms with Crippen LogP contribution in [0.3, 0.4) is 0 Å². The molecule has 3 aromatic heterocycles. The van der Waals surface area contributed by atoms with Crippen LogP contribution in [0.1, 0.15) is 82.9 Å². The van der Waals surface area contributed by atoms with E-state index in [1.165, 1.54) is 27.9 Å². The number of nitrogens with zero attached hydrogens (tertiary/aromatic N) is 3. The van der Waals surface area contributed by atoms with Gasteiger partial charge in [0.1, 0.15) is 22.4 Å². The second-order valence-corrected chi connectivity index (χ2v) is 15.1. The Morgan fingerprint density at radius 1 is 0.735 bits per heavy atom. The van der Waals surface area contributed by atoms with Crippen LogP contribution in [-0.4, -0.2) is 9.55 Å². The summed E-state index contributed by atoms with van der Waals surface area (Å²) in [4.78, 5) is 5.15. The third-order valence-electron chi connectivity index (χ3n) is 10.0. The van der Waals surface area contributed by atoms with Crippen LogP contribution in [0, 0.1) is 6.92 Å². The molecule has 8 aromatic rings. The molecule has 8 rings (SSSR count). The van der Waals surface area contributed by atoms with E-state index in [0.29, 0.717) is 0 Å². The van der Waals surface area contributed by atoms with Crippen molar-refractivity contribution < 1.29 is 13.4 Å². The molecule has 0 aliphatic heterocycles. The smallest absolute Gasteiger partial charge is 0.299 e. The van der Waals surface area contributed by atoms with Crippen LogP contribution in [0.5, 0.6) is 0 Å². The standard InChI is InChI=1S/C44H44N3O2/c1-25(2)31-23-29(28-17-11-10-12-18-28)24-32(26(3)4)39(31)47-34-21-15-14-20-33(34)46(9)42(47)36-27(5)40-38(45-43(49-40)44(6,7)8)37-30-19-13-16-22-35(30)48-41(36)37/h10-26H,1-9H3/q+1. The fourth-order valence-corrected chi connectivity index (χ4v) is 7.51. The van der Waals surface area contributed by atoms with E-state index in [-0.39, 0.29) is 17.3 Å². The minimum atomic E-state index is -0.254. The minimum absolute atomic E-state index is 0.254. The summed E-state index contributed by atoms with van der Waals surface area (Å²) >= 11 is 0. The summed E-state index contributed by atoms with van der Waals surface area (Å²) in [5.41, 5.74) is 13.7. The molecule has 5 nitrogen and oxygen atoms in total. The average molecular weight is 647 g/mol. The molecule has 0 spiro atoms. The van der Waals surface area contributed by atoms with E-state index in [1.807, 2.05) is 6.07 Å². The lowest BCUT2D eigenvalue weighted by Crippen LogP contribution is -2.30. The van der Waals surface area contributed by atoms with Crippen LogP contribution in [0.2, 0.25) is 0 Å². The molecular weight excluding hydrogens is 603 g/mol. The summed E-state index contributed by atoms with van der Waals surface area (Å²) < 4.78 is 18.4. The van der Waals surface area contributed by atoms with Crippen molar-refractivity contribution in [2.45, 2.75) is 72.6 Å². The zero-order valence-electron chi connectivity index (χ0n) is 30.0. The van der Waals surface area contributed by atoms with Crippen LogP contribution in [0.25, 0.3) is 72.3 Å². The van der Waals surface area contributed by atoms with E-state index in [2.05, 4.69) is 157 Å². The predicted octanol–water partition coefficient (Wildman–Crippen LogP) is 11.7. The van der Waals surface area contributed by atoms with Crippen molar-refractivity contribution in [1.82, 2.24) is 9.55 Å². The molecule has 0 aliphatic rings. The van der Waals surface area contributed by atoms with Gasteiger partial charge in [0.15, 0.2) is 22.2 Å². The highest BCUT2D eigenvalue weighted by Crippen LogP contribution is 2.46. The molecule has 246 valence electrons. The summed E-state index contributed by atoms with van der Waals surface area (Å²) in [6.45, 7) is 17.8. The SMILES string of the molecule is Cc1c(-c2n(-c3c(C(C)C)cc(-c4ccccc4)cc3C(C)C)c3ccccc3[n+]2C)c2oc3ccccc3c2c2nc(C(C)(C)C)oc12. The molecule has 0 atom stereocenters. The maximum Gasteiger partial charge on any atom is 0.299 e. The third kappa shape index (κ3) is 4.74. The maximum absolute atomic E-state index is 6.89. The highest BCUT2D eigenvalue weighted by atomic mass is 16.4. The van der Waals surface area contributed by atoms with Gasteiger partial charge in [0.25, 0.3) is 5.82 Å². The molecule has 0 aliphatic carbocycles. The van der Waals surface area contributed by atoms with Gasteiger partial charge in [-0.25, -0.2) is 9.55 Å². The van der Waals surface area contributed by atoms with Gasteiger partial charge in [0, 0.05) is 27.5 Å². The van der Waals surface area contributed by atoms with E-state index in [9.17, 15) is 0 Å². The number of rotatable bonds is 5. The van der Waals surface area contributed by atoms with Gasteiger partial charge in [0.2, 0.25) is 5.89 Å². The van der Waals surface area contributed by atoms with Gasteiger partial charge >= 0.3 is 0 Å². The zero-order chi connectivity index (χ0) is 34.4. The van der Waals surface area contributed by atoms with Crippen molar-refractivity contribution in [3.05, 3.63) is 114 Å². The summed E-state index contributed by atoms with van der Waals surface area (Å²) in [6.07, 6.45) is 0. The number of imidazole rings is 1. The number of hydrogen-bond donors (Lipinski definition) is 0. The zero-order valence-corrected chi connectivity index (χ0v) is 30.0. The van der Waals surface area contributed by atoms with Crippen molar-refractivity contribution in [3.63, 3.8) is 0 Å². The van der Waals surface area contributed by atoms with Gasteiger partial charge < -0.3 is 8.83 Å². The largest absolute Gasteiger partial charge is 0.455 e. The van der Waals surface area contributed by atoms with E-state index in [0.717, 1.165) is 66.9 Å². The Morgan fingerprint density at radius 3 is 2.04 bits per heavy atom. The number of benzene rings is 5. The van der Waals surface area contributed by atoms with Crippen molar-refractivity contribution in [2.75, 3.05) is 0 Å². The van der Waals surface area contributed by atoms with Crippen molar-refractivity contribution in [2.24, 2.45) is 7.05 Å². The molecule has 5 aromatic carbocycles. The number of aryl methyl sites for hydroxylation is 2. The first-order valence-electron chi connectivity index (χ1n) is 17.4. The third-order valence-corrected chi connectivity index (χ3v) is 10.0. The Bertz CT molecular complexity index is 2520. The lowest BCUT2D eigenvalue weighted by atomic mass is 9.88. The molecule has 49 heavy (non-hydrogen) atoms. The van der Waals surface area contributed by atoms with E-state index in [1.54, 1.807) is 0 Å². The lowest BCUT2D eigenvalue weighted by Gasteiger charge is -2.21. The fourth-order valence-electron chi connectivity index (χ4n) is 7.51. The summed E-state index contributed by atoms with van der Waals surface area (Å²) in [5.74, 6) is 2.32. The number of para-hydroxylation sites is 3. The van der Waals surface area contributed by atoms with Crippen LogP contribution in [-0.2, 0) is 12.5 Å². The first kappa shape index (κ1) is 31.1. The number of aromatic nitrogens is 3. The van der Waals surface area contributed by atoms with E-state index in [4.69, 9.17) is 13.8 Å². The van der Waals surface area contributed by atoms with Crippen molar-refractivity contribution in [1.29, 1.82) is 0 Å². The number of furan rings is 1. The predicted molar refractivity (Wildman–Crippen MR) is 202 cm³/mol. The molecule has 0 bridgehead atoms. The lowest BCUT2D eigenvalue weighted by molar-refractivity contribution is -0.633. The quantitative estimate of drug-likeness (QED) is 0.175.